The summed E-state index contributed by atoms with van der Waals surface area (Å²) in [5.41, 5.74) is 1.65. The van der Waals surface area contributed by atoms with E-state index in [9.17, 15) is 5.11 Å². The first-order chi connectivity index (χ1) is 13.2. The zero-order valence-corrected chi connectivity index (χ0v) is 15.7. The Morgan fingerprint density at radius 3 is 2.63 bits per heavy atom. The predicted octanol–water partition coefficient (Wildman–Crippen LogP) is 3.24. The van der Waals surface area contributed by atoms with Crippen LogP contribution < -0.4 is 10.6 Å². The van der Waals surface area contributed by atoms with Crippen molar-refractivity contribution in [3.05, 3.63) is 66.0 Å². The minimum atomic E-state index is -0.539. The van der Waals surface area contributed by atoms with Crippen LogP contribution in [-0.4, -0.2) is 34.3 Å². The number of aromatic nitrogens is 2. The van der Waals surface area contributed by atoms with Crippen LogP contribution in [0.3, 0.4) is 0 Å². The van der Waals surface area contributed by atoms with E-state index in [0.717, 1.165) is 42.5 Å². The molecule has 4 rings (SSSR count). The van der Waals surface area contributed by atoms with E-state index in [4.69, 9.17) is 9.97 Å². The summed E-state index contributed by atoms with van der Waals surface area (Å²) < 4.78 is 0. The monoisotopic (exact) mass is 362 g/mol. The van der Waals surface area contributed by atoms with Gasteiger partial charge in [-0.3, -0.25) is 0 Å². The quantitative estimate of drug-likeness (QED) is 0.628. The molecule has 1 aromatic heterocycles. The van der Waals surface area contributed by atoms with Crippen molar-refractivity contribution < 1.29 is 5.11 Å². The van der Waals surface area contributed by atoms with E-state index in [1.165, 1.54) is 5.56 Å². The van der Waals surface area contributed by atoms with Crippen molar-refractivity contribution in [1.29, 1.82) is 0 Å². The summed E-state index contributed by atoms with van der Waals surface area (Å²) in [6, 6.07) is 18.7. The summed E-state index contributed by atoms with van der Waals surface area (Å²) >= 11 is 0. The molecule has 2 unspecified atom stereocenters. The first kappa shape index (κ1) is 17.9. The Bertz CT molecular complexity index is 907. The molecule has 0 radical (unpaired) electrons. The van der Waals surface area contributed by atoms with Gasteiger partial charge < -0.3 is 15.7 Å². The van der Waals surface area contributed by atoms with Gasteiger partial charge in [0.05, 0.1) is 12.1 Å². The Hall–Kier alpha value is -2.50. The molecule has 0 aliphatic carbocycles. The minimum Gasteiger partial charge on any atom is -0.394 e. The van der Waals surface area contributed by atoms with Crippen LogP contribution >= 0.6 is 0 Å². The Balaban J connectivity index is 1.68. The molecule has 3 N–H and O–H groups in total. The van der Waals surface area contributed by atoms with Crippen LogP contribution in [0.2, 0.25) is 0 Å². The minimum absolute atomic E-state index is 0.00431. The molecule has 0 spiro atoms. The number of aliphatic hydroxyl groups excluding tert-OH is 1. The van der Waals surface area contributed by atoms with E-state index >= 15 is 0 Å². The van der Waals surface area contributed by atoms with Crippen LogP contribution in [0, 0.1) is 0 Å². The van der Waals surface area contributed by atoms with Crippen molar-refractivity contribution in [2.24, 2.45) is 0 Å². The van der Waals surface area contributed by atoms with Gasteiger partial charge in [0.15, 0.2) is 5.82 Å². The fraction of sp³-hybridized carbons (Fsp3) is 0.364. The van der Waals surface area contributed by atoms with Crippen LogP contribution in [0.15, 0.2) is 54.6 Å². The first-order valence-corrected chi connectivity index (χ1v) is 9.64. The molecule has 5 heteroatoms. The number of hydrogen-bond acceptors (Lipinski definition) is 5. The van der Waals surface area contributed by atoms with Gasteiger partial charge in [0.25, 0.3) is 0 Å². The second kappa shape index (κ2) is 7.62. The maximum atomic E-state index is 10.0. The maximum absolute atomic E-state index is 10.0. The number of hydrogen-bond donors (Lipinski definition) is 3. The normalized spacial score (nSPS) is 20.7. The fourth-order valence-electron chi connectivity index (χ4n) is 3.86. The fourth-order valence-corrected chi connectivity index (χ4v) is 3.86. The van der Waals surface area contributed by atoms with Crippen LogP contribution in [0.5, 0.6) is 0 Å². The van der Waals surface area contributed by atoms with Crippen molar-refractivity contribution >= 4 is 16.7 Å². The average Bonchev–Trinajstić information content (AvgIpc) is 3.19. The lowest BCUT2D eigenvalue weighted by molar-refractivity contribution is 0.171. The molecule has 140 valence electrons. The van der Waals surface area contributed by atoms with Gasteiger partial charge in [-0.1, -0.05) is 42.5 Å². The zero-order chi connectivity index (χ0) is 18.7. The van der Waals surface area contributed by atoms with Gasteiger partial charge in [0, 0.05) is 11.4 Å². The molecule has 1 aliphatic rings. The lowest BCUT2D eigenvalue weighted by Gasteiger charge is -2.27. The number of rotatable bonds is 6. The van der Waals surface area contributed by atoms with E-state index in [1.54, 1.807) is 0 Å². The third kappa shape index (κ3) is 3.66. The second-order valence-electron chi connectivity index (χ2n) is 7.42. The lowest BCUT2D eigenvalue weighted by Crippen LogP contribution is -2.42. The van der Waals surface area contributed by atoms with E-state index in [1.807, 2.05) is 30.3 Å². The smallest absolute Gasteiger partial charge is 0.153 e. The van der Waals surface area contributed by atoms with Crippen molar-refractivity contribution in [3.8, 4) is 0 Å². The summed E-state index contributed by atoms with van der Waals surface area (Å²) in [5, 5.41) is 18.0. The summed E-state index contributed by atoms with van der Waals surface area (Å²) in [6.45, 7) is 3.05. The van der Waals surface area contributed by atoms with E-state index in [-0.39, 0.29) is 12.6 Å². The molecule has 2 atom stereocenters. The highest BCUT2D eigenvalue weighted by Gasteiger charge is 2.38. The summed E-state index contributed by atoms with van der Waals surface area (Å²) in [7, 11) is 0. The Kier molecular flexibility index (Phi) is 5.05. The first-order valence-electron chi connectivity index (χ1n) is 9.64. The van der Waals surface area contributed by atoms with E-state index in [2.05, 4.69) is 41.8 Å². The van der Waals surface area contributed by atoms with Gasteiger partial charge in [0.2, 0.25) is 0 Å². The van der Waals surface area contributed by atoms with Crippen molar-refractivity contribution in [3.63, 3.8) is 0 Å². The molecule has 0 saturated carbocycles. The van der Waals surface area contributed by atoms with Gasteiger partial charge in [-0.2, -0.15) is 0 Å². The summed E-state index contributed by atoms with van der Waals surface area (Å²) in [4.78, 5) is 9.64. The van der Waals surface area contributed by atoms with Crippen molar-refractivity contribution in [2.75, 3.05) is 18.5 Å². The molecule has 0 bridgehead atoms. The molecule has 0 amide bonds. The van der Waals surface area contributed by atoms with E-state index in [0.29, 0.717) is 5.82 Å². The molecule has 3 aromatic rings. The Morgan fingerprint density at radius 1 is 1.11 bits per heavy atom. The van der Waals surface area contributed by atoms with Crippen molar-refractivity contribution in [1.82, 2.24) is 15.3 Å². The Labute approximate surface area is 159 Å². The Morgan fingerprint density at radius 2 is 1.89 bits per heavy atom. The zero-order valence-electron chi connectivity index (χ0n) is 15.7. The molecule has 1 fully saturated rings. The second-order valence-corrected chi connectivity index (χ2v) is 7.42. The molecule has 1 saturated heterocycles. The molecule has 1 aliphatic heterocycles. The molecule has 2 heterocycles. The van der Waals surface area contributed by atoms with Crippen LogP contribution in [0.1, 0.15) is 31.2 Å². The number of nitrogens with one attached hydrogen (secondary N) is 2. The largest absolute Gasteiger partial charge is 0.394 e. The highest BCUT2D eigenvalue weighted by atomic mass is 16.3. The number of benzene rings is 2. The third-order valence-electron chi connectivity index (χ3n) is 5.31. The average molecular weight is 362 g/mol. The number of fused-ring (bicyclic) bond motifs is 1. The predicted molar refractivity (Wildman–Crippen MR) is 109 cm³/mol. The van der Waals surface area contributed by atoms with Gasteiger partial charge >= 0.3 is 0 Å². The van der Waals surface area contributed by atoms with Crippen LogP contribution in [0.25, 0.3) is 10.9 Å². The molecule has 27 heavy (non-hydrogen) atoms. The van der Waals surface area contributed by atoms with Crippen LogP contribution in [0.4, 0.5) is 5.82 Å². The number of anilines is 1. The van der Waals surface area contributed by atoms with Crippen molar-refractivity contribution in [2.45, 2.75) is 37.8 Å². The summed E-state index contributed by atoms with van der Waals surface area (Å²) in [5.74, 6) is 1.51. The lowest BCUT2D eigenvalue weighted by atomic mass is 9.97. The summed E-state index contributed by atoms with van der Waals surface area (Å²) in [6.07, 6.45) is 2.78. The van der Waals surface area contributed by atoms with Gasteiger partial charge in [-0.05, 0) is 50.4 Å². The van der Waals surface area contributed by atoms with Crippen LogP contribution in [-0.2, 0) is 12.0 Å². The topological polar surface area (TPSA) is 70.1 Å². The number of aliphatic hydroxyl groups is 1. The highest BCUT2D eigenvalue weighted by molar-refractivity contribution is 5.89. The van der Waals surface area contributed by atoms with Gasteiger partial charge in [-0.15, -0.1) is 0 Å². The molecule has 2 aromatic carbocycles. The van der Waals surface area contributed by atoms with Gasteiger partial charge in [0.1, 0.15) is 11.4 Å². The van der Waals surface area contributed by atoms with E-state index < -0.39 is 5.54 Å². The molecular weight excluding hydrogens is 336 g/mol. The standard InChI is InChI=1S/C22H26N4O/c1-16(14-17-8-3-2-4-9-17)24-20-18-10-5-6-11-19(18)25-21(26-20)22(15-27)12-7-13-23-22/h2-6,8-11,16,23,27H,7,12-15H2,1H3,(H,24,25,26). The number of nitrogens with zero attached hydrogens (tertiary/aromatic N) is 2. The van der Waals surface area contributed by atoms with Gasteiger partial charge in [-0.25, -0.2) is 9.97 Å². The SMILES string of the molecule is CC(Cc1ccccc1)Nc1nc(C2(CO)CCCN2)nc2ccccc12. The maximum Gasteiger partial charge on any atom is 0.153 e. The third-order valence-corrected chi connectivity index (χ3v) is 5.31. The highest BCUT2D eigenvalue weighted by Crippen LogP contribution is 2.31. The molecular formula is C22H26N4O. The number of para-hydroxylation sites is 1. The molecule has 5 nitrogen and oxygen atoms in total.